The van der Waals surface area contributed by atoms with E-state index in [1.54, 1.807) is 9.80 Å². The van der Waals surface area contributed by atoms with Gasteiger partial charge >= 0.3 is 0 Å². The van der Waals surface area contributed by atoms with E-state index in [0.717, 1.165) is 31.4 Å². The van der Waals surface area contributed by atoms with Crippen LogP contribution in [0.25, 0.3) is 0 Å². The van der Waals surface area contributed by atoms with Crippen molar-refractivity contribution in [3.63, 3.8) is 0 Å². The molecule has 1 N–H and O–H groups in total. The molecule has 0 radical (unpaired) electrons. The maximum Gasteiger partial charge on any atom is 0.290 e. The van der Waals surface area contributed by atoms with Crippen molar-refractivity contribution in [1.29, 1.82) is 0 Å². The second-order valence-electron chi connectivity index (χ2n) is 7.09. The maximum absolute atomic E-state index is 13.1. The van der Waals surface area contributed by atoms with Crippen molar-refractivity contribution in [1.82, 2.24) is 19.4 Å². The predicted molar refractivity (Wildman–Crippen MR) is 103 cm³/mol. The molecular weight excluding hydrogens is 358 g/mol. The number of piperazine rings is 1. The van der Waals surface area contributed by atoms with E-state index in [2.05, 4.69) is 10.3 Å². The van der Waals surface area contributed by atoms with Gasteiger partial charge in [-0.05, 0) is 31.4 Å². The van der Waals surface area contributed by atoms with Crippen molar-refractivity contribution in [3.8, 4) is 0 Å². The van der Waals surface area contributed by atoms with Gasteiger partial charge in [0.15, 0.2) is 11.5 Å². The maximum atomic E-state index is 13.1. The number of carbonyl (C=O) groups excluding carboxylic acids is 3. The lowest BCUT2D eigenvalue weighted by atomic mass is 10.1. The van der Waals surface area contributed by atoms with Gasteiger partial charge in [0.05, 0.1) is 5.69 Å². The van der Waals surface area contributed by atoms with Crippen molar-refractivity contribution in [2.24, 2.45) is 0 Å². The third-order valence-corrected chi connectivity index (χ3v) is 5.31. The Kier molecular flexibility index (Phi) is 5.10. The Hall–Kier alpha value is -3.16. The van der Waals surface area contributed by atoms with Crippen molar-refractivity contribution in [2.45, 2.75) is 25.8 Å². The van der Waals surface area contributed by atoms with Gasteiger partial charge in [0, 0.05) is 38.4 Å². The van der Waals surface area contributed by atoms with E-state index in [4.69, 9.17) is 0 Å². The summed E-state index contributed by atoms with van der Waals surface area (Å²) in [6.45, 7) is 2.68. The first kappa shape index (κ1) is 18.2. The van der Waals surface area contributed by atoms with Crippen molar-refractivity contribution >= 4 is 23.9 Å². The number of hydrogen-bond donors (Lipinski definition) is 1. The number of imidazole rings is 1. The summed E-state index contributed by atoms with van der Waals surface area (Å²) in [5.41, 5.74) is 1.86. The Balaban J connectivity index is 1.59. The zero-order chi connectivity index (χ0) is 19.5. The summed E-state index contributed by atoms with van der Waals surface area (Å²) in [6, 6.07) is 9.23. The number of benzene rings is 1. The minimum absolute atomic E-state index is 0.174. The molecule has 1 fully saturated rings. The number of amides is 3. The number of carbonyl (C=O) groups is 3. The molecule has 0 saturated carbocycles. The smallest absolute Gasteiger partial charge is 0.290 e. The number of fused-ring (bicyclic) bond motifs is 1. The van der Waals surface area contributed by atoms with Crippen LogP contribution in [0.2, 0.25) is 0 Å². The molecule has 3 amide bonds. The third-order valence-electron chi connectivity index (χ3n) is 5.31. The number of aromatic nitrogens is 2. The molecule has 0 aliphatic carbocycles. The van der Waals surface area contributed by atoms with Gasteiger partial charge in [0.2, 0.25) is 6.41 Å². The highest BCUT2D eigenvalue weighted by molar-refractivity contribution is 6.05. The monoisotopic (exact) mass is 381 g/mol. The molecule has 0 unspecified atom stereocenters. The Morgan fingerprint density at radius 3 is 2.46 bits per heavy atom. The fourth-order valence-electron chi connectivity index (χ4n) is 3.77. The number of para-hydroxylation sites is 1. The summed E-state index contributed by atoms with van der Waals surface area (Å²) in [5, 5.41) is 2.87. The van der Waals surface area contributed by atoms with Crippen LogP contribution in [0.4, 0.5) is 5.69 Å². The SMILES string of the molecule is O=CN1CCN(C(=O)c2nc(C(=O)Nc3ccccc3)c3n2CCCC3)CC1. The number of hydrogen-bond acceptors (Lipinski definition) is 4. The number of nitrogens with one attached hydrogen (secondary N) is 1. The Bertz CT molecular complexity index is 885. The molecule has 2 aliphatic rings. The lowest BCUT2D eigenvalue weighted by molar-refractivity contribution is -0.119. The van der Waals surface area contributed by atoms with E-state index in [1.165, 1.54) is 0 Å². The van der Waals surface area contributed by atoms with E-state index in [9.17, 15) is 14.4 Å². The molecule has 0 atom stereocenters. The van der Waals surface area contributed by atoms with E-state index < -0.39 is 0 Å². The van der Waals surface area contributed by atoms with Gasteiger partial charge in [0.1, 0.15) is 0 Å². The Morgan fingerprint density at radius 1 is 1.00 bits per heavy atom. The molecule has 1 aromatic heterocycles. The van der Waals surface area contributed by atoms with Crippen LogP contribution >= 0.6 is 0 Å². The molecule has 4 rings (SSSR count). The molecule has 1 aromatic carbocycles. The summed E-state index contributed by atoms with van der Waals surface area (Å²) in [5.74, 6) is -0.137. The molecule has 8 heteroatoms. The minimum Gasteiger partial charge on any atom is -0.342 e. The molecule has 0 spiro atoms. The van der Waals surface area contributed by atoms with Crippen molar-refractivity contribution in [3.05, 3.63) is 47.5 Å². The normalized spacial score (nSPS) is 16.4. The molecule has 0 bridgehead atoms. The highest BCUT2D eigenvalue weighted by atomic mass is 16.2. The van der Waals surface area contributed by atoms with Gasteiger partial charge in [-0.25, -0.2) is 4.98 Å². The first-order valence-corrected chi connectivity index (χ1v) is 9.62. The highest BCUT2D eigenvalue weighted by Gasteiger charge is 2.31. The van der Waals surface area contributed by atoms with Gasteiger partial charge < -0.3 is 19.7 Å². The van der Waals surface area contributed by atoms with Crippen LogP contribution in [0.1, 0.15) is 39.6 Å². The summed E-state index contributed by atoms with van der Waals surface area (Å²) in [4.78, 5) is 44.6. The number of nitrogens with zero attached hydrogens (tertiary/aromatic N) is 4. The summed E-state index contributed by atoms with van der Waals surface area (Å²) in [7, 11) is 0. The largest absolute Gasteiger partial charge is 0.342 e. The number of rotatable bonds is 4. The van der Waals surface area contributed by atoms with E-state index >= 15 is 0 Å². The van der Waals surface area contributed by atoms with E-state index in [-0.39, 0.29) is 11.8 Å². The van der Waals surface area contributed by atoms with Crippen LogP contribution in [0.3, 0.4) is 0 Å². The van der Waals surface area contributed by atoms with E-state index in [1.807, 2.05) is 34.9 Å². The van der Waals surface area contributed by atoms with Crippen LogP contribution < -0.4 is 5.32 Å². The first-order valence-electron chi connectivity index (χ1n) is 9.62. The zero-order valence-electron chi connectivity index (χ0n) is 15.6. The lowest BCUT2D eigenvalue weighted by Crippen LogP contribution is -2.48. The molecule has 1 saturated heterocycles. The molecule has 28 heavy (non-hydrogen) atoms. The highest BCUT2D eigenvalue weighted by Crippen LogP contribution is 2.23. The molecule has 146 valence electrons. The van der Waals surface area contributed by atoms with Crippen molar-refractivity contribution < 1.29 is 14.4 Å². The van der Waals surface area contributed by atoms with Crippen LogP contribution in [-0.4, -0.2) is 63.8 Å². The van der Waals surface area contributed by atoms with Crippen LogP contribution in [-0.2, 0) is 17.8 Å². The van der Waals surface area contributed by atoms with Gasteiger partial charge in [-0.2, -0.15) is 0 Å². The lowest BCUT2D eigenvalue weighted by Gasteiger charge is -2.32. The van der Waals surface area contributed by atoms with E-state index in [0.29, 0.717) is 49.9 Å². The standard InChI is InChI=1S/C20H23N5O3/c26-14-23-10-12-24(13-11-23)20(28)18-22-17(16-8-4-5-9-25(16)18)19(27)21-15-6-2-1-3-7-15/h1-3,6-7,14H,4-5,8-13H2,(H,21,27). The molecule has 3 heterocycles. The summed E-state index contributed by atoms with van der Waals surface area (Å²) >= 11 is 0. The van der Waals surface area contributed by atoms with Crippen LogP contribution in [0.15, 0.2) is 30.3 Å². The zero-order valence-corrected chi connectivity index (χ0v) is 15.6. The fraction of sp³-hybridized carbons (Fsp3) is 0.400. The quantitative estimate of drug-likeness (QED) is 0.811. The Morgan fingerprint density at radius 2 is 1.75 bits per heavy atom. The molecule has 2 aromatic rings. The first-order chi connectivity index (χ1) is 13.7. The van der Waals surface area contributed by atoms with Gasteiger partial charge in [-0.1, -0.05) is 18.2 Å². The van der Waals surface area contributed by atoms with Crippen LogP contribution in [0, 0.1) is 0 Å². The molecular formula is C20H23N5O3. The van der Waals surface area contributed by atoms with Crippen molar-refractivity contribution in [2.75, 3.05) is 31.5 Å². The minimum atomic E-state index is -0.290. The summed E-state index contributed by atoms with van der Waals surface area (Å²) in [6.07, 6.45) is 3.48. The predicted octanol–water partition coefficient (Wildman–Crippen LogP) is 1.39. The average Bonchev–Trinajstić information content (AvgIpc) is 3.14. The summed E-state index contributed by atoms with van der Waals surface area (Å²) < 4.78 is 1.90. The second kappa shape index (κ2) is 7.84. The number of anilines is 1. The second-order valence-corrected chi connectivity index (χ2v) is 7.09. The average molecular weight is 381 g/mol. The van der Waals surface area contributed by atoms with Gasteiger partial charge in [-0.15, -0.1) is 0 Å². The Labute approximate surface area is 163 Å². The van der Waals surface area contributed by atoms with Crippen LogP contribution in [0.5, 0.6) is 0 Å². The molecule has 2 aliphatic heterocycles. The van der Waals surface area contributed by atoms with Gasteiger partial charge in [-0.3, -0.25) is 14.4 Å². The fourth-order valence-corrected chi connectivity index (χ4v) is 3.77. The third kappa shape index (κ3) is 3.49. The van der Waals surface area contributed by atoms with Gasteiger partial charge in [0.25, 0.3) is 11.8 Å². The molecule has 8 nitrogen and oxygen atoms in total. The topological polar surface area (TPSA) is 87.5 Å².